The van der Waals surface area contributed by atoms with Gasteiger partial charge in [0, 0.05) is 60.6 Å². The van der Waals surface area contributed by atoms with E-state index in [1.54, 1.807) is 12.1 Å². The molecule has 0 spiro atoms. The lowest BCUT2D eigenvalue weighted by atomic mass is 9.77. The Bertz CT molecular complexity index is 1560. The van der Waals surface area contributed by atoms with Gasteiger partial charge < -0.3 is 26.0 Å². The number of carbonyl (C=O) groups excluding carboxylic acids is 3. The van der Waals surface area contributed by atoms with Crippen molar-refractivity contribution in [2.75, 3.05) is 49.6 Å². The topological polar surface area (TPSA) is 152 Å². The summed E-state index contributed by atoms with van der Waals surface area (Å²) >= 11 is 0. The van der Waals surface area contributed by atoms with E-state index in [1.165, 1.54) is 0 Å². The fourth-order valence-corrected chi connectivity index (χ4v) is 6.43. The first-order valence-corrected chi connectivity index (χ1v) is 16.2. The van der Waals surface area contributed by atoms with Crippen molar-refractivity contribution in [2.24, 2.45) is 28.5 Å². The Morgan fingerprint density at radius 2 is 1.72 bits per heavy atom. The lowest BCUT2D eigenvalue weighted by Gasteiger charge is -2.28. The van der Waals surface area contributed by atoms with Crippen LogP contribution in [0, 0.1) is 17.8 Å². The largest absolute Gasteiger partial charge is 0.378 e. The molecule has 0 radical (unpaired) electrons. The summed E-state index contributed by atoms with van der Waals surface area (Å²) < 4.78 is 5.44. The number of ketones is 1. The van der Waals surface area contributed by atoms with Crippen LogP contribution in [0.2, 0.25) is 0 Å². The molecule has 3 aromatic rings. The van der Waals surface area contributed by atoms with Crippen molar-refractivity contribution in [1.82, 2.24) is 15.3 Å². The highest BCUT2D eigenvalue weighted by molar-refractivity contribution is 6.12. The number of nitrogens with zero attached hydrogens (tertiary/aromatic N) is 4. The zero-order valence-electron chi connectivity index (χ0n) is 26.0. The highest BCUT2D eigenvalue weighted by Gasteiger charge is 2.30. The van der Waals surface area contributed by atoms with E-state index in [2.05, 4.69) is 36.6 Å². The zero-order valence-corrected chi connectivity index (χ0v) is 26.0. The third-order valence-electron chi connectivity index (χ3n) is 9.19. The quantitative estimate of drug-likeness (QED) is 0.294. The van der Waals surface area contributed by atoms with Crippen molar-refractivity contribution >= 4 is 35.1 Å². The number of amidine groups is 1. The number of hydrogen-bond donors (Lipinski definition) is 3. The Kier molecular flexibility index (Phi) is 10.1. The van der Waals surface area contributed by atoms with Crippen LogP contribution in [0.1, 0.15) is 43.2 Å². The van der Waals surface area contributed by atoms with Crippen molar-refractivity contribution in [1.29, 1.82) is 0 Å². The van der Waals surface area contributed by atoms with Gasteiger partial charge in [-0.25, -0.2) is 9.97 Å². The van der Waals surface area contributed by atoms with Gasteiger partial charge in [-0.1, -0.05) is 24.3 Å². The molecule has 2 amide bonds. The number of aliphatic imine (C=N–C) groups is 1. The van der Waals surface area contributed by atoms with Gasteiger partial charge in [0.25, 0.3) is 0 Å². The molecule has 240 valence electrons. The number of nitrogens with one attached hydrogen (secondary N) is 2. The van der Waals surface area contributed by atoms with Crippen molar-refractivity contribution in [2.45, 2.75) is 38.5 Å². The van der Waals surface area contributed by atoms with Gasteiger partial charge in [0.2, 0.25) is 17.8 Å². The second-order valence-electron chi connectivity index (χ2n) is 12.4. The molecule has 11 nitrogen and oxygen atoms in total. The molecule has 11 heteroatoms. The van der Waals surface area contributed by atoms with Gasteiger partial charge in [0.05, 0.1) is 13.2 Å². The van der Waals surface area contributed by atoms with E-state index in [9.17, 15) is 14.4 Å². The molecule has 2 aliphatic heterocycles. The number of ether oxygens (including phenoxy) is 1. The molecule has 1 aromatic heterocycles. The number of benzene rings is 2. The van der Waals surface area contributed by atoms with Crippen molar-refractivity contribution in [3.8, 4) is 11.1 Å². The molecule has 4 N–H and O–H groups in total. The van der Waals surface area contributed by atoms with Gasteiger partial charge >= 0.3 is 0 Å². The Morgan fingerprint density at radius 1 is 0.978 bits per heavy atom. The van der Waals surface area contributed by atoms with Crippen molar-refractivity contribution < 1.29 is 19.1 Å². The molecule has 3 heterocycles. The summed E-state index contributed by atoms with van der Waals surface area (Å²) in [6.07, 6.45) is 7.80. The summed E-state index contributed by atoms with van der Waals surface area (Å²) in [5, 5.41) is 5.76. The number of nitrogens with two attached hydrogens (primary N) is 1. The summed E-state index contributed by atoms with van der Waals surface area (Å²) in [5.74, 6) is 0.907. The average Bonchev–Trinajstić information content (AvgIpc) is 3.55. The predicted molar refractivity (Wildman–Crippen MR) is 176 cm³/mol. The summed E-state index contributed by atoms with van der Waals surface area (Å²) in [4.78, 5) is 54.4. The number of hydrogen-bond acceptors (Lipinski definition) is 9. The Morgan fingerprint density at radius 3 is 2.39 bits per heavy atom. The Balaban J connectivity index is 1.17. The van der Waals surface area contributed by atoms with Gasteiger partial charge in [-0.2, -0.15) is 0 Å². The molecule has 1 saturated heterocycles. The maximum atomic E-state index is 13.8. The Hall–Kier alpha value is -4.48. The maximum Gasteiger partial charge on any atom is 0.247 e. The fourth-order valence-electron chi connectivity index (χ4n) is 6.43. The molecule has 2 fully saturated rings. The van der Waals surface area contributed by atoms with Gasteiger partial charge in [0.15, 0.2) is 0 Å². The highest BCUT2D eigenvalue weighted by atomic mass is 16.5. The second-order valence-corrected chi connectivity index (χ2v) is 12.4. The minimum absolute atomic E-state index is 0.0340. The molecule has 0 bridgehead atoms. The van der Waals surface area contributed by atoms with E-state index >= 15 is 0 Å². The fraction of sp³-hybridized carbons (Fsp3) is 0.429. The summed E-state index contributed by atoms with van der Waals surface area (Å²) in [6, 6.07) is 15.2. The third kappa shape index (κ3) is 7.83. The summed E-state index contributed by atoms with van der Waals surface area (Å²) in [6.45, 7) is 3.64. The van der Waals surface area contributed by atoms with E-state index in [1.807, 2.05) is 42.7 Å². The van der Waals surface area contributed by atoms with Crippen LogP contribution in [-0.2, 0) is 25.5 Å². The normalized spacial score (nSPS) is 20.5. The average molecular weight is 624 g/mol. The molecule has 46 heavy (non-hydrogen) atoms. The number of Topliss-reactive ketones (excluding diaryl/α,β-unsaturated/α-hetero) is 1. The van der Waals surface area contributed by atoms with Crippen LogP contribution >= 0.6 is 0 Å². The van der Waals surface area contributed by atoms with Crippen LogP contribution in [0.5, 0.6) is 0 Å². The zero-order chi connectivity index (χ0) is 31.9. The van der Waals surface area contributed by atoms with Crippen LogP contribution in [0.4, 0.5) is 11.6 Å². The summed E-state index contributed by atoms with van der Waals surface area (Å²) in [7, 11) is 0. The molecule has 6 rings (SSSR count). The first kappa shape index (κ1) is 31.5. The van der Waals surface area contributed by atoms with E-state index in [4.69, 9.17) is 10.5 Å². The van der Waals surface area contributed by atoms with Crippen LogP contribution in [0.3, 0.4) is 0 Å². The van der Waals surface area contributed by atoms with E-state index < -0.39 is 5.92 Å². The molecule has 1 atom stereocenters. The lowest BCUT2D eigenvalue weighted by Crippen LogP contribution is -2.37. The van der Waals surface area contributed by atoms with Crippen LogP contribution in [-0.4, -0.2) is 72.8 Å². The molecule has 3 aliphatic rings. The smallest absolute Gasteiger partial charge is 0.247 e. The van der Waals surface area contributed by atoms with Gasteiger partial charge in [-0.15, -0.1) is 0 Å². The van der Waals surface area contributed by atoms with Crippen molar-refractivity contribution in [3.63, 3.8) is 0 Å². The van der Waals surface area contributed by atoms with Gasteiger partial charge in [0.1, 0.15) is 18.2 Å². The Labute approximate surface area is 269 Å². The standard InChI is InChI=1S/C35H41N7O4/c36-19-23-4-6-25(7-5-23)31(43)18-28(34(45)40-30-10-8-26(9-11-30)33-37-22-32(44)41-33)17-24-2-1-3-27(16-24)29-20-38-35(39-21-29)42-12-14-46-15-13-42/h1-3,8-11,16,20-21,23,25,28H,4-7,12-15,17-19,22,36H2,(H,40,45)(H,37,41,44)/t23?,25?,28-/m1/s1. The maximum absolute atomic E-state index is 13.8. The molecule has 0 unspecified atom stereocenters. The number of morpholine rings is 1. The highest BCUT2D eigenvalue weighted by Crippen LogP contribution is 2.31. The second kappa shape index (κ2) is 14.7. The molecular formula is C35H41N7O4. The number of amides is 2. The minimum Gasteiger partial charge on any atom is -0.378 e. The molecule has 2 aromatic carbocycles. The van der Waals surface area contributed by atoms with Crippen LogP contribution in [0.25, 0.3) is 11.1 Å². The van der Waals surface area contributed by atoms with Gasteiger partial charge in [-0.3, -0.25) is 19.4 Å². The number of anilines is 2. The molecule has 1 aliphatic carbocycles. The first-order chi connectivity index (χ1) is 22.4. The minimum atomic E-state index is -0.548. The lowest BCUT2D eigenvalue weighted by molar-refractivity contribution is -0.129. The van der Waals surface area contributed by atoms with E-state index in [0.717, 1.165) is 61.0 Å². The predicted octanol–water partition coefficient (Wildman–Crippen LogP) is 3.38. The van der Waals surface area contributed by atoms with Crippen molar-refractivity contribution in [3.05, 3.63) is 72.1 Å². The number of carbonyl (C=O) groups is 3. The van der Waals surface area contributed by atoms with E-state index in [0.29, 0.717) is 49.6 Å². The number of rotatable bonds is 11. The monoisotopic (exact) mass is 623 g/mol. The molecular weight excluding hydrogens is 582 g/mol. The van der Waals surface area contributed by atoms with E-state index in [-0.39, 0.29) is 36.5 Å². The summed E-state index contributed by atoms with van der Waals surface area (Å²) in [5.41, 5.74) is 10.1. The first-order valence-electron chi connectivity index (χ1n) is 16.2. The number of aromatic nitrogens is 2. The molecule has 1 saturated carbocycles. The van der Waals surface area contributed by atoms with Gasteiger partial charge in [-0.05, 0) is 80.0 Å². The SMILES string of the molecule is NCC1CCC(C(=O)C[C@@H](Cc2cccc(-c3cnc(N4CCOCC4)nc3)c2)C(=O)Nc2ccc(C3=NCC(=O)N3)cc2)CC1. The third-order valence-corrected chi connectivity index (χ3v) is 9.19. The van der Waals surface area contributed by atoms with Crippen LogP contribution in [0.15, 0.2) is 65.9 Å². The van der Waals surface area contributed by atoms with Crippen LogP contribution < -0.4 is 21.3 Å².